The maximum atomic E-state index is 12.7. The maximum Gasteiger partial charge on any atom is 0.317 e. The number of amides is 2. The van der Waals surface area contributed by atoms with Crippen LogP contribution in [0, 0.1) is 6.92 Å². The number of sulfonamides is 1. The molecule has 0 saturated carbocycles. The van der Waals surface area contributed by atoms with Crippen molar-refractivity contribution < 1.29 is 13.2 Å². The summed E-state index contributed by atoms with van der Waals surface area (Å²) in [5.74, 6) is 0. The monoisotopic (exact) mass is 443 g/mol. The third-order valence-corrected chi connectivity index (χ3v) is 6.56. The van der Waals surface area contributed by atoms with E-state index in [-0.39, 0.29) is 18.1 Å². The first-order valence-electron chi connectivity index (χ1n) is 10.9. The molecule has 3 rings (SSSR count). The van der Waals surface area contributed by atoms with Crippen LogP contribution in [0.2, 0.25) is 0 Å². The highest BCUT2D eigenvalue weighted by Gasteiger charge is 2.35. The summed E-state index contributed by atoms with van der Waals surface area (Å²) in [6.07, 6.45) is 4.12. The highest BCUT2D eigenvalue weighted by Crippen LogP contribution is 2.23. The molecule has 2 aromatic carbocycles. The van der Waals surface area contributed by atoms with Crippen molar-refractivity contribution in [2.45, 2.75) is 51.6 Å². The summed E-state index contributed by atoms with van der Waals surface area (Å²) < 4.78 is 26.7. The molecule has 7 heteroatoms. The van der Waals surface area contributed by atoms with Crippen molar-refractivity contribution in [1.29, 1.82) is 0 Å². The van der Waals surface area contributed by atoms with Gasteiger partial charge < -0.3 is 10.2 Å². The number of hydrogen-bond acceptors (Lipinski definition) is 3. The summed E-state index contributed by atoms with van der Waals surface area (Å²) in [6, 6.07) is 16.1. The number of nitrogens with zero attached hydrogens (tertiary/aromatic N) is 1. The van der Waals surface area contributed by atoms with Gasteiger partial charge in [0, 0.05) is 19.1 Å². The Balaban J connectivity index is 1.84. The number of urea groups is 1. The summed E-state index contributed by atoms with van der Waals surface area (Å²) in [6.45, 7) is 5.17. The van der Waals surface area contributed by atoms with Crippen LogP contribution in [-0.2, 0) is 22.9 Å². The molecule has 31 heavy (non-hydrogen) atoms. The first kappa shape index (κ1) is 23.3. The van der Waals surface area contributed by atoms with Crippen molar-refractivity contribution in [2.24, 2.45) is 0 Å². The Morgan fingerprint density at radius 1 is 1.13 bits per heavy atom. The van der Waals surface area contributed by atoms with E-state index in [2.05, 4.69) is 53.4 Å². The third kappa shape index (κ3) is 6.55. The van der Waals surface area contributed by atoms with E-state index in [9.17, 15) is 13.2 Å². The first-order valence-corrected chi connectivity index (χ1v) is 12.8. The van der Waals surface area contributed by atoms with E-state index < -0.39 is 10.0 Å². The second-order valence-corrected chi connectivity index (χ2v) is 10.1. The van der Waals surface area contributed by atoms with Gasteiger partial charge in [-0.15, -0.1) is 0 Å². The average Bonchev–Trinajstić information content (AvgIpc) is 2.70. The summed E-state index contributed by atoms with van der Waals surface area (Å²) in [5.41, 5.74) is 4.87. The normalized spacial score (nSPS) is 19.3. The van der Waals surface area contributed by atoms with Crippen LogP contribution in [0.1, 0.15) is 42.0 Å². The summed E-state index contributed by atoms with van der Waals surface area (Å²) in [7, 11) is -3.37. The van der Waals surface area contributed by atoms with Crippen molar-refractivity contribution in [2.75, 3.05) is 19.3 Å². The lowest BCUT2D eigenvalue weighted by Crippen LogP contribution is -2.59. The van der Waals surface area contributed by atoms with Gasteiger partial charge in [0.2, 0.25) is 10.0 Å². The van der Waals surface area contributed by atoms with Gasteiger partial charge in [-0.2, -0.15) is 0 Å². The van der Waals surface area contributed by atoms with Crippen molar-refractivity contribution in [3.8, 4) is 0 Å². The Hall–Kier alpha value is -2.38. The van der Waals surface area contributed by atoms with E-state index in [1.807, 2.05) is 19.1 Å². The number of piperidine rings is 1. The lowest BCUT2D eigenvalue weighted by Gasteiger charge is -2.41. The molecule has 168 valence electrons. The Morgan fingerprint density at radius 3 is 2.58 bits per heavy atom. The predicted octanol–water partition coefficient (Wildman–Crippen LogP) is 3.24. The maximum absolute atomic E-state index is 12.7. The van der Waals surface area contributed by atoms with E-state index in [0.717, 1.165) is 24.8 Å². The highest BCUT2D eigenvalue weighted by molar-refractivity contribution is 7.88. The van der Waals surface area contributed by atoms with Crippen LogP contribution >= 0.6 is 0 Å². The van der Waals surface area contributed by atoms with Gasteiger partial charge in [0.05, 0.1) is 12.3 Å². The third-order valence-electron chi connectivity index (χ3n) is 5.83. The average molecular weight is 444 g/mol. The molecule has 0 aliphatic carbocycles. The molecular weight excluding hydrogens is 410 g/mol. The second-order valence-electron chi connectivity index (χ2n) is 8.36. The fraction of sp³-hybridized carbons (Fsp3) is 0.458. The van der Waals surface area contributed by atoms with Gasteiger partial charge in [0.1, 0.15) is 0 Å². The molecular formula is C24H33N3O3S. The Bertz CT molecular complexity index is 1010. The quantitative estimate of drug-likeness (QED) is 0.690. The summed E-state index contributed by atoms with van der Waals surface area (Å²) >= 11 is 0. The van der Waals surface area contributed by atoms with Gasteiger partial charge in [-0.1, -0.05) is 48.5 Å². The van der Waals surface area contributed by atoms with Crippen LogP contribution < -0.4 is 10.0 Å². The van der Waals surface area contributed by atoms with Crippen LogP contribution in [0.15, 0.2) is 48.5 Å². The molecule has 1 aliphatic heterocycles. The number of hydrogen-bond donors (Lipinski definition) is 2. The molecule has 0 aromatic heterocycles. The summed E-state index contributed by atoms with van der Waals surface area (Å²) in [4.78, 5) is 14.5. The molecule has 0 spiro atoms. The van der Waals surface area contributed by atoms with E-state index in [1.165, 1.54) is 22.9 Å². The largest absolute Gasteiger partial charge is 0.338 e. The van der Waals surface area contributed by atoms with E-state index in [1.54, 1.807) is 4.90 Å². The molecule has 1 heterocycles. The Morgan fingerprint density at radius 2 is 1.87 bits per heavy atom. The molecule has 1 saturated heterocycles. The molecule has 2 N–H and O–H groups in total. The van der Waals surface area contributed by atoms with Crippen LogP contribution in [0.3, 0.4) is 0 Å². The Labute approximate surface area is 186 Å². The van der Waals surface area contributed by atoms with Crippen LogP contribution in [0.25, 0.3) is 0 Å². The number of rotatable bonds is 7. The molecule has 2 amide bonds. The zero-order valence-corrected chi connectivity index (χ0v) is 19.4. The second kappa shape index (κ2) is 10.3. The number of likely N-dealkylation sites (tertiary alicyclic amines) is 1. The molecule has 0 unspecified atom stereocenters. The van der Waals surface area contributed by atoms with Crippen molar-refractivity contribution in [1.82, 2.24) is 14.9 Å². The standard InChI is InChI=1S/C24H33N3O3S/c1-4-25-24(28)27-14-8-13-22(26-31(3,29)30)23(27)17-20-11-7-10-19(15-20)16-21-12-6-5-9-18(21)2/h5-7,9-12,15,22-23,26H,4,8,13-14,16-17H2,1-3H3,(H,25,28)/t22-,23+/m1/s1. The van der Waals surface area contributed by atoms with Crippen molar-refractivity contribution in [3.05, 3.63) is 70.8 Å². The minimum atomic E-state index is -3.37. The lowest BCUT2D eigenvalue weighted by molar-refractivity contribution is 0.134. The SMILES string of the molecule is CCNC(=O)N1CCC[C@@H](NS(C)(=O)=O)[C@@H]1Cc1cccc(Cc2ccccc2C)c1. The van der Waals surface area contributed by atoms with Crippen LogP contribution in [-0.4, -0.2) is 50.8 Å². The van der Waals surface area contributed by atoms with Gasteiger partial charge in [-0.05, 0) is 61.8 Å². The zero-order chi connectivity index (χ0) is 22.4. The molecule has 6 nitrogen and oxygen atoms in total. The number of nitrogens with one attached hydrogen (secondary N) is 2. The van der Waals surface area contributed by atoms with E-state index in [0.29, 0.717) is 19.5 Å². The fourth-order valence-electron chi connectivity index (χ4n) is 4.36. The van der Waals surface area contributed by atoms with Gasteiger partial charge in [-0.3, -0.25) is 0 Å². The van der Waals surface area contributed by atoms with Crippen molar-refractivity contribution in [3.63, 3.8) is 0 Å². The van der Waals surface area contributed by atoms with Crippen LogP contribution in [0.5, 0.6) is 0 Å². The smallest absolute Gasteiger partial charge is 0.317 e. The first-order chi connectivity index (χ1) is 14.8. The number of benzene rings is 2. The molecule has 1 fully saturated rings. The highest BCUT2D eigenvalue weighted by atomic mass is 32.2. The molecule has 2 atom stereocenters. The van der Waals surface area contributed by atoms with Crippen molar-refractivity contribution >= 4 is 16.1 Å². The van der Waals surface area contributed by atoms with E-state index >= 15 is 0 Å². The predicted molar refractivity (Wildman–Crippen MR) is 125 cm³/mol. The molecule has 0 radical (unpaired) electrons. The van der Waals surface area contributed by atoms with Gasteiger partial charge in [0.25, 0.3) is 0 Å². The molecule has 1 aliphatic rings. The van der Waals surface area contributed by atoms with Gasteiger partial charge in [-0.25, -0.2) is 17.9 Å². The number of carbonyl (C=O) groups excluding carboxylic acids is 1. The summed E-state index contributed by atoms with van der Waals surface area (Å²) in [5, 5.41) is 2.87. The molecule has 2 aromatic rings. The van der Waals surface area contributed by atoms with Crippen LogP contribution in [0.4, 0.5) is 4.79 Å². The van der Waals surface area contributed by atoms with Gasteiger partial charge in [0.15, 0.2) is 0 Å². The van der Waals surface area contributed by atoms with E-state index in [4.69, 9.17) is 0 Å². The number of aryl methyl sites for hydroxylation is 1. The topological polar surface area (TPSA) is 78.5 Å². The van der Waals surface area contributed by atoms with Gasteiger partial charge >= 0.3 is 6.03 Å². The number of carbonyl (C=O) groups is 1. The molecule has 0 bridgehead atoms. The minimum absolute atomic E-state index is 0.136. The minimum Gasteiger partial charge on any atom is -0.338 e. The lowest BCUT2D eigenvalue weighted by atomic mass is 9.90. The fourth-order valence-corrected chi connectivity index (χ4v) is 5.19. The Kier molecular flexibility index (Phi) is 7.73. The zero-order valence-electron chi connectivity index (χ0n) is 18.6.